The van der Waals surface area contributed by atoms with E-state index in [2.05, 4.69) is 35.5 Å². The summed E-state index contributed by atoms with van der Waals surface area (Å²) in [6.07, 6.45) is -1.12. The van der Waals surface area contributed by atoms with Gasteiger partial charge < -0.3 is 45.1 Å². The lowest BCUT2D eigenvalue weighted by Crippen LogP contribution is -2.56. The van der Waals surface area contributed by atoms with E-state index in [-0.39, 0.29) is 45.2 Å². The summed E-state index contributed by atoms with van der Waals surface area (Å²) in [6.45, 7) is 5.05. The molecule has 1 heterocycles. The second kappa shape index (κ2) is 20.5. The maximum absolute atomic E-state index is 13.7. The molecule has 4 N–H and O–H groups in total. The largest absolute Gasteiger partial charge is 0.469 e. The fraction of sp³-hybridized carbons (Fsp3) is 0.588. The molecule has 1 aliphatic rings. The van der Waals surface area contributed by atoms with Gasteiger partial charge in [0.1, 0.15) is 29.8 Å². The smallest absolute Gasteiger partial charge is 0.408 e. The van der Waals surface area contributed by atoms with Crippen molar-refractivity contribution in [1.82, 2.24) is 26.2 Å². The van der Waals surface area contributed by atoms with E-state index in [9.17, 15) is 38.4 Å². The Bertz CT molecular complexity index is 1400. The fourth-order valence-electron chi connectivity index (χ4n) is 5.18. The minimum atomic E-state index is -1.36. The molecular weight excluding hydrogens is 670 g/mol. The van der Waals surface area contributed by atoms with Crippen LogP contribution in [-0.4, -0.2) is 117 Å². The molecule has 0 aliphatic carbocycles. The third-order valence-electron chi connectivity index (χ3n) is 7.68. The molecule has 5 amide bonds. The van der Waals surface area contributed by atoms with Crippen molar-refractivity contribution >= 4 is 47.6 Å². The molecule has 282 valence electrons. The van der Waals surface area contributed by atoms with Gasteiger partial charge in [0, 0.05) is 32.4 Å². The monoisotopic (exact) mass is 719 g/mol. The minimum absolute atomic E-state index is 0.144. The Morgan fingerprint density at radius 2 is 1.49 bits per heavy atom. The van der Waals surface area contributed by atoms with E-state index < -0.39 is 83.8 Å². The van der Waals surface area contributed by atoms with Crippen molar-refractivity contribution in [2.75, 3.05) is 34.4 Å². The first-order chi connectivity index (χ1) is 24.1. The Morgan fingerprint density at radius 3 is 2.10 bits per heavy atom. The van der Waals surface area contributed by atoms with Crippen LogP contribution >= 0.6 is 0 Å². The van der Waals surface area contributed by atoms with Gasteiger partial charge in [-0.15, -0.1) is 0 Å². The average Bonchev–Trinajstić information content (AvgIpc) is 3.58. The lowest BCUT2D eigenvalue weighted by Gasteiger charge is -2.29. The number of carbonyl (C=O) groups is 8. The summed E-state index contributed by atoms with van der Waals surface area (Å²) < 4.78 is 19.3. The zero-order valence-electron chi connectivity index (χ0n) is 29.9. The van der Waals surface area contributed by atoms with Crippen LogP contribution in [0.15, 0.2) is 30.3 Å². The van der Waals surface area contributed by atoms with E-state index in [0.717, 1.165) is 19.8 Å². The van der Waals surface area contributed by atoms with Gasteiger partial charge in [0.05, 0.1) is 27.8 Å². The van der Waals surface area contributed by atoms with Gasteiger partial charge in [-0.25, -0.2) is 9.59 Å². The molecule has 0 unspecified atom stereocenters. The summed E-state index contributed by atoms with van der Waals surface area (Å²) in [5.41, 5.74) is -0.0243. The second-order valence-electron chi connectivity index (χ2n) is 12.7. The van der Waals surface area contributed by atoms with Crippen molar-refractivity contribution < 1.29 is 57.3 Å². The van der Waals surface area contributed by atoms with Crippen molar-refractivity contribution in [3.8, 4) is 0 Å². The number of nitrogens with one attached hydrogen (secondary N) is 4. The predicted molar refractivity (Wildman–Crippen MR) is 179 cm³/mol. The second-order valence-corrected chi connectivity index (χ2v) is 12.7. The number of ether oxygens (including phenoxy) is 4. The highest BCUT2D eigenvalue weighted by atomic mass is 16.6. The van der Waals surface area contributed by atoms with Gasteiger partial charge in [0.25, 0.3) is 0 Å². The van der Waals surface area contributed by atoms with Crippen LogP contribution in [0, 0.1) is 0 Å². The molecule has 1 fully saturated rings. The van der Waals surface area contributed by atoms with Gasteiger partial charge >= 0.3 is 24.0 Å². The number of esters is 3. The number of benzene rings is 1. The third-order valence-corrected chi connectivity index (χ3v) is 7.68. The molecule has 17 nitrogen and oxygen atoms in total. The molecule has 1 aliphatic heterocycles. The van der Waals surface area contributed by atoms with E-state index >= 15 is 0 Å². The number of hydrogen-bond acceptors (Lipinski definition) is 12. The van der Waals surface area contributed by atoms with E-state index in [1.807, 2.05) is 6.07 Å². The lowest BCUT2D eigenvalue weighted by molar-refractivity contribution is -0.151. The Morgan fingerprint density at radius 1 is 0.824 bits per heavy atom. The Balaban J connectivity index is 2.10. The van der Waals surface area contributed by atoms with E-state index in [1.54, 1.807) is 45.0 Å². The molecule has 0 aromatic heterocycles. The fourth-order valence-corrected chi connectivity index (χ4v) is 5.18. The summed E-state index contributed by atoms with van der Waals surface area (Å²) in [7, 11) is 3.39. The number of nitrogens with zero attached hydrogens (tertiary/aromatic N) is 1. The standard InChI is InChI=1S/C34H49N5O12/c1-34(2,3)51-33(47)38-23(19-21-11-8-7-9-12-21)29(43)35-17-16-26(40)36-22(14-15-27(41)48-4)31(45)39-18-10-13-25(39)30(44)37-24(32(46)50-6)20-28(42)49-5/h7-9,11-12,22-25H,10,13-20H2,1-6H3,(H,35,43)(H,36,40)(H,37,44)(H,38,47)/t22-,23+,24-,25+/m1/s1. The third kappa shape index (κ3) is 14.7. The summed E-state index contributed by atoms with van der Waals surface area (Å²) in [4.78, 5) is 103. The molecule has 0 spiro atoms. The number of rotatable bonds is 17. The van der Waals surface area contributed by atoms with Crippen LogP contribution in [0.3, 0.4) is 0 Å². The van der Waals surface area contributed by atoms with Gasteiger partial charge in [-0.1, -0.05) is 30.3 Å². The highest BCUT2D eigenvalue weighted by molar-refractivity contribution is 5.95. The van der Waals surface area contributed by atoms with Gasteiger partial charge in [0.2, 0.25) is 23.6 Å². The average molecular weight is 720 g/mol. The van der Waals surface area contributed by atoms with E-state index in [4.69, 9.17) is 4.74 Å². The van der Waals surface area contributed by atoms with E-state index in [1.165, 1.54) is 12.0 Å². The van der Waals surface area contributed by atoms with E-state index in [0.29, 0.717) is 6.42 Å². The molecule has 17 heteroatoms. The highest BCUT2D eigenvalue weighted by Gasteiger charge is 2.39. The highest BCUT2D eigenvalue weighted by Crippen LogP contribution is 2.20. The van der Waals surface area contributed by atoms with Crippen LogP contribution in [-0.2, 0) is 58.9 Å². The number of methoxy groups -OCH3 is 3. The molecule has 4 atom stereocenters. The van der Waals surface area contributed by atoms with Crippen LogP contribution in [0.2, 0.25) is 0 Å². The molecular formula is C34H49N5O12. The summed E-state index contributed by atoms with van der Waals surface area (Å²) in [5, 5.41) is 10.2. The molecule has 1 saturated heterocycles. The number of amides is 5. The van der Waals surface area contributed by atoms with Crippen LogP contribution in [0.25, 0.3) is 0 Å². The van der Waals surface area contributed by atoms with Crippen LogP contribution < -0.4 is 21.3 Å². The van der Waals surface area contributed by atoms with Crippen molar-refractivity contribution in [3.63, 3.8) is 0 Å². The maximum Gasteiger partial charge on any atom is 0.408 e. The Labute approximate surface area is 296 Å². The summed E-state index contributed by atoms with van der Waals surface area (Å²) in [5.74, 6) is -4.85. The Hall–Kier alpha value is -5.22. The van der Waals surface area contributed by atoms with Gasteiger partial charge in [-0.05, 0) is 45.6 Å². The van der Waals surface area contributed by atoms with Crippen molar-refractivity contribution in [2.45, 2.75) is 95.5 Å². The van der Waals surface area contributed by atoms with Crippen LogP contribution in [0.5, 0.6) is 0 Å². The molecule has 0 bridgehead atoms. The molecule has 51 heavy (non-hydrogen) atoms. The SMILES string of the molecule is COC(=O)CC[C@@H](NC(=O)CCNC(=O)[C@H](Cc1ccccc1)NC(=O)OC(C)(C)C)C(=O)N1CCC[C@H]1C(=O)N[C@H](CC(=O)OC)C(=O)OC. The van der Waals surface area contributed by atoms with Crippen molar-refractivity contribution in [3.05, 3.63) is 35.9 Å². The lowest BCUT2D eigenvalue weighted by atomic mass is 10.1. The molecule has 1 aromatic carbocycles. The number of carbonyl (C=O) groups excluding carboxylic acids is 8. The minimum Gasteiger partial charge on any atom is -0.469 e. The normalized spacial score (nSPS) is 15.6. The zero-order valence-corrected chi connectivity index (χ0v) is 29.9. The summed E-state index contributed by atoms with van der Waals surface area (Å²) in [6, 6.07) is 4.32. The zero-order chi connectivity index (χ0) is 38.1. The predicted octanol–water partition coefficient (Wildman–Crippen LogP) is 0.279. The molecule has 0 radical (unpaired) electrons. The van der Waals surface area contributed by atoms with Crippen molar-refractivity contribution in [2.24, 2.45) is 0 Å². The number of hydrogen-bond donors (Lipinski definition) is 4. The van der Waals surface area contributed by atoms with Crippen molar-refractivity contribution in [1.29, 1.82) is 0 Å². The first-order valence-electron chi connectivity index (χ1n) is 16.5. The molecule has 1 aromatic rings. The van der Waals surface area contributed by atoms with Crippen LogP contribution in [0.4, 0.5) is 4.79 Å². The quantitative estimate of drug-likeness (QED) is 0.126. The number of likely N-dealkylation sites (tertiary alicyclic amines) is 1. The maximum atomic E-state index is 13.7. The molecule has 0 saturated carbocycles. The first kappa shape index (κ1) is 41.9. The van der Waals surface area contributed by atoms with Gasteiger partial charge in [-0.3, -0.25) is 28.8 Å². The molecule has 2 rings (SSSR count). The Kier molecular flexibility index (Phi) is 16.8. The number of alkyl carbamates (subject to hydrolysis) is 1. The first-order valence-corrected chi connectivity index (χ1v) is 16.5. The topological polar surface area (TPSA) is 225 Å². The van der Waals surface area contributed by atoms with Crippen LogP contribution in [0.1, 0.15) is 64.9 Å². The summed E-state index contributed by atoms with van der Waals surface area (Å²) >= 11 is 0. The van der Waals surface area contributed by atoms with Gasteiger partial charge in [-0.2, -0.15) is 0 Å². The van der Waals surface area contributed by atoms with Gasteiger partial charge in [0.15, 0.2) is 0 Å².